The maximum absolute atomic E-state index is 9.82. The van der Waals surface area contributed by atoms with E-state index in [1.54, 1.807) is 13.2 Å². The van der Waals surface area contributed by atoms with E-state index in [-0.39, 0.29) is 12.0 Å². The van der Waals surface area contributed by atoms with E-state index in [1.165, 1.54) is 0 Å². The van der Waals surface area contributed by atoms with Crippen LogP contribution in [0.25, 0.3) is 0 Å². The molecule has 0 unspecified atom stereocenters. The minimum absolute atomic E-state index is 0.0863. The Kier molecular flexibility index (Phi) is 4.38. The maximum Gasteiger partial charge on any atom is 0.124 e. The predicted molar refractivity (Wildman–Crippen MR) is 73.9 cm³/mol. The first-order valence-electron chi connectivity index (χ1n) is 5.98. The molecule has 1 saturated heterocycles. The van der Waals surface area contributed by atoms with Crippen molar-refractivity contribution in [3.63, 3.8) is 0 Å². The molecule has 0 saturated carbocycles. The summed E-state index contributed by atoms with van der Waals surface area (Å²) in [5.74, 6) is 0.695. The fourth-order valence-electron chi connectivity index (χ4n) is 2.53. The Hall–Kier alpha value is -0.480. The third-order valence-electron chi connectivity index (χ3n) is 3.68. The van der Waals surface area contributed by atoms with Gasteiger partial charge in [0, 0.05) is 17.0 Å². The second kappa shape index (κ2) is 5.66. The van der Waals surface area contributed by atoms with E-state index in [1.807, 2.05) is 6.07 Å². The van der Waals surface area contributed by atoms with Crippen LogP contribution in [0.3, 0.4) is 0 Å². The van der Waals surface area contributed by atoms with Crippen molar-refractivity contribution < 1.29 is 9.84 Å². The van der Waals surface area contributed by atoms with Crippen molar-refractivity contribution in [3.8, 4) is 5.75 Å². The van der Waals surface area contributed by atoms with Gasteiger partial charge in [0.05, 0.1) is 23.8 Å². The van der Waals surface area contributed by atoms with E-state index in [9.17, 15) is 5.11 Å². The number of aliphatic hydroxyl groups is 1. The highest BCUT2D eigenvalue weighted by Gasteiger charge is 2.36. The van der Waals surface area contributed by atoms with Crippen LogP contribution >= 0.6 is 23.2 Å². The normalized spacial score (nSPS) is 18.7. The van der Waals surface area contributed by atoms with Crippen molar-refractivity contribution in [2.45, 2.75) is 18.3 Å². The molecular weight excluding hydrogens is 273 g/mol. The Morgan fingerprint density at radius 2 is 1.89 bits per heavy atom. The highest BCUT2D eigenvalue weighted by molar-refractivity contribution is 6.42. The van der Waals surface area contributed by atoms with Crippen LogP contribution < -0.4 is 10.1 Å². The second-order valence-electron chi connectivity index (χ2n) is 4.66. The predicted octanol–water partition coefficient (Wildman–Crippen LogP) is 2.62. The zero-order valence-corrected chi connectivity index (χ0v) is 11.8. The first kappa shape index (κ1) is 13.9. The molecule has 0 radical (unpaired) electrons. The van der Waals surface area contributed by atoms with Crippen LogP contribution in [0.5, 0.6) is 5.75 Å². The molecule has 1 aliphatic heterocycles. The van der Waals surface area contributed by atoms with Gasteiger partial charge in [0.2, 0.25) is 0 Å². The molecular formula is C13H17Cl2NO2. The van der Waals surface area contributed by atoms with Crippen LogP contribution in [0.4, 0.5) is 0 Å². The Morgan fingerprint density at radius 1 is 1.28 bits per heavy atom. The largest absolute Gasteiger partial charge is 0.496 e. The lowest BCUT2D eigenvalue weighted by molar-refractivity contribution is 0.155. The molecule has 100 valence electrons. The van der Waals surface area contributed by atoms with Crippen molar-refractivity contribution in [2.24, 2.45) is 0 Å². The topological polar surface area (TPSA) is 41.5 Å². The zero-order chi connectivity index (χ0) is 13.2. The summed E-state index contributed by atoms with van der Waals surface area (Å²) < 4.78 is 5.39. The van der Waals surface area contributed by atoms with Gasteiger partial charge < -0.3 is 15.2 Å². The summed E-state index contributed by atoms with van der Waals surface area (Å²) in [6.45, 7) is 1.84. The molecule has 0 amide bonds. The van der Waals surface area contributed by atoms with E-state index in [0.717, 1.165) is 31.5 Å². The van der Waals surface area contributed by atoms with Crippen LogP contribution in [-0.2, 0) is 5.41 Å². The molecule has 0 aliphatic carbocycles. The Labute approximate surface area is 117 Å². The lowest BCUT2D eigenvalue weighted by atomic mass is 9.73. The van der Waals surface area contributed by atoms with Gasteiger partial charge in [-0.05, 0) is 32.0 Å². The van der Waals surface area contributed by atoms with E-state index in [4.69, 9.17) is 27.9 Å². The van der Waals surface area contributed by atoms with Gasteiger partial charge in [-0.3, -0.25) is 0 Å². The van der Waals surface area contributed by atoms with E-state index in [2.05, 4.69) is 5.32 Å². The van der Waals surface area contributed by atoms with Crippen molar-refractivity contribution in [2.75, 3.05) is 26.8 Å². The molecule has 2 N–H and O–H groups in total. The summed E-state index contributed by atoms with van der Waals surface area (Å²) in [5, 5.41) is 14.1. The van der Waals surface area contributed by atoms with Gasteiger partial charge in [-0.25, -0.2) is 0 Å². The molecule has 1 heterocycles. The van der Waals surface area contributed by atoms with Gasteiger partial charge in [0.1, 0.15) is 5.75 Å². The average molecular weight is 290 g/mol. The molecule has 1 aromatic carbocycles. The number of benzene rings is 1. The third kappa shape index (κ3) is 2.45. The minimum Gasteiger partial charge on any atom is -0.496 e. The first-order chi connectivity index (χ1) is 8.63. The summed E-state index contributed by atoms with van der Waals surface area (Å²) in [4.78, 5) is 0. The molecule has 0 bridgehead atoms. The number of rotatable bonds is 3. The van der Waals surface area contributed by atoms with Crippen LogP contribution in [-0.4, -0.2) is 31.9 Å². The Balaban J connectivity index is 2.49. The zero-order valence-electron chi connectivity index (χ0n) is 10.3. The lowest BCUT2D eigenvalue weighted by Crippen LogP contribution is -2.42. The number of halogens is 2. The number of ether oxygens (including phenoxy) is 1. The number of aliphatic hydroxyl groups excluding tert-OH is 1. The smallest absolute Gasteiger partial charge is 0.124 e. The summed E-state index contributed by atoms with van der Waals surface area (Å²) in [5.41, 5.74) is 0.661. The molecule has 0 atom stereocenters. The number of methoxy groups -OCH3 is 1. The minimum atomic E-state index is -0.287. The summed E-state index contributed by atoms with van der Waals surface area (Å²) in [7, 11) is 1.61. The fourth-order valence-corrected chi connectivity index (χ4v) is 2.85. The number of nitrogens with one attached hydrogen (secondary N) is 1. The number of piperidine rings is 1. The van der Waals surface area contributed by atoms with Gasteiger partial charge >= 0.3 is 0 Å². The summed E-state index contributed by atoms with van der Waals surface area (Å²) >= 11 is 12.1. The number of hydrogen-bond acceptors (Lipinski definition) is 3. The highest BCUT2D eigenvalue weighted by atomic mass is 35.5. The summed E-state index contributed by atoms with van der Waals surface area (Å²) in [6.07, 6.45) is 1.72. The molecule has 2 rings (SSSR count). The van der Waals surface area contributed by atoms with Crippen LogP contribution in [0.2, 0.25) is 10.0 Å². The average Bonchev–Trinajstić information content (AvgIpc) is 2.42. The van der Waals surface area contributed by atoms with Crippen molar-refractivity contribution in [1.82, 2.24) is 5.32 Å². The van der Waals surface area contributed by atoms with Crippen LogP contribution in [0, 0.1) is 0 Å². The van der Waals surface area contributed by atoms with Crippen molar-refractivity contribution >= 4 is 23.2 Å². The van der Waals surface area contributed by atoms with Gasteiger partial charge in [0.15, 0.2) is 0 Å². The molecule has 1 aromatic rings. The lowest BCUT2D eigenvalue weighted by Gasteiger charge is -2.37. The molecule has 18 heavy (non-hydrogen) atoms. The molecule has 0 spiro atoms. The Bertz CT molecular complexity index is 431. The van der Waals surface area contributed by atoms with Crippen LogP contribution in [0.15, 0.2) is 12.1 Å². The van der Waals surface area contributed by atoms with Gasteiger partial charge in [-0.1, -0.05) is 23.2 Å². The highest BCUT2D eigenvalue weighted by Crippen LogP contribution is 2.42. The fraction of sp³-hybridized carbons (Fsp3) is 0.538. The van der Waals surface area contributed by atoms with E-state index in [0.29, 0.717) is 15.8 Å². The molecule has 1 fully saturated rings. The van der Waals surface area contributed by atoms with E-state index < -0.39 is 0 Å². The molecule has 5 heteroatoms. The van der Waals surface area contributed by atoms with Gasteiger partial charge in [-0.15, -0.1) is 0 Å². The SMILES string of the molecule is COc1cc(Cl)c(Cl)cc1C1(CO)CCNCC1. The monoisotopic (exact) mass is 289 g/mol. The maximum atomic E-state index is 9.82. The first-order valence-corrected chi connectivity index (χ1v) is 6.73. The molecule has 1 aliphatic rings. The van der Waals surface area contributed by atoms with Crippen molar-refractivity contribution in [3.05, 3.63) is 27.7 Å². The quantitative estimate of drug-likeness (QED) is 0.899. The van der Waals surface area contributed by atoms with Gasteiger partial charge in [-0.2, -0.15) is 0 Å². The third-order valence-corrected chi connectivity index (χ3v) is 4.40. The standard InChI is InChI=1S/C13H17Cl2NO2/c1-18-12-7-11(15)10(14)6-9(12)13(8-17)2-4-16-5-3-13/h6-7,16-17H,2-5,8H2,1H3. The van der Waals surface area contributed by atoms with Crippen molar-refractivity contribution in [1.29, 1.82) is 0 Å². The van der Waals surface area contributed by atoms with Gasteiger partial charge in [0.25, 0.3) is 0 Å². The Morgan fingerprint density at radius 3 is 2.44 bits per heavy atom. The summed E-state index contributed by atoms with van der Waals surface area (Å²) in [6, 6.07) is 3.54. The second-order valence-corrected chi connectivity index (χ2v) is 5.47. The molecule has 0 aromatic heterocycles. The number of hydrogen-bond donors (Lipinski definition) is 2. The van der Waals surface area contributed by atoms with Crippen LogP contribution in [0.1, 0.15) is 18.4 Å². The molecule has 3 nitrogen and oxygen atoms in total. The van der Waals surface area contributed by atoms with E-state index >= 15 is 0 Å².